The van der Waals surface area contributed by atoms with Crippen LogP contribution in [0.2, 0.25) is 0 Å². The molecule has 0 aliphatic rings. The molecular formula is C3H5BrN4. The van der Waals surface area contributed by atoms with Crippen LogP contribution >= 0.6 is 15.9 Å². The van der Waals surface area contributed by atoms with E-state index in [-0.39, 0.29) is 0 Å². The van der Waals surface area contributed by atoms with Gasteiger partial charge in [0.05, 0.1) is 0 Å². The molecule has 0 unspecified atom stereocenters. The van der Waals surface area contributed by atoms with Gasteiger partial charge in [-0.2, -0.15) is 10.3 Å². The molecule has 1 rings (SSSR count). The third-order valence-electron chi connectivity index (χ3n) is 0.765. The predicted molar refractivity (Wildman–Crippen MR) is 32.0 cm³/mol. The van der Waals surface area contributed by atoms with Crippen LogP contribution in [-0.4, -0.2) is 15.4 Å². The summed E-state index contributed by atoms with van der Waals surface area (Å²) in [6.07, 6.45) is 0. The van der Waals surface area contributed by atoms with Crippen molar-refractivity contribution in [2.75, 3.05) is 0 Å². The quantitative estimate of drug-likeness (QED) is 0.635. The highest BCUT2D eigenvalue weighted by Gasteiger charge is 1.98. The van der Waals surface area contributed by atoms with Crippen molar-refractivity contribution in [1.82, 2.24) is 15.4 Å². The minimum atomic E-state index is 0.414. The molecule has 0 saturated heterocycles. The summed E-state index contributed by atoms with van der Waals surface area (Å²) < 4.78 is 0.694. The average molecular weight is 177 g/mol. The van der Waals surface area contributed by atoms with E-state index < -0.39 is 0 Å². The van der Waals surface area contributed by atoms with Crippen molar-refractivity contribution in [2.45, 2.75) is 6.54 Å². The van der Waals surface area contributed by atoms with Crippen molar-refractivity contribution >= 4 is 15.9 Å². The molecule has 0 spiro atoms. The van der Waals surface area contributed by atoms with Gasteiger partial charge in [0.25, 0.3) is 0 Å². The minimum absolute atomic E-state index is 0.414. The van der Waals surface area contributed by atoms with Crippen LogP contribution in [0.4, 0.5) is 0 Å². The SMILES string of the molecule is NCc1n[nH]nc1Br. The van der Waals surface area contributed by atoms with Gasteiger partial charge in [-0.15, -0.1) is 5.10 Å². The summed E-state index contributed by atoms with van der Waals surface area (Å²) in [5.74, 6) is 0. The summed E-state index contributed by atoms with van der Waals surface area (Å²) in [4.78, 5) is 0. The normalized spacial score (nSPS) is 9.75. The summed E-state index contributed by atoms with van der Waals surface area (Å²) in [5.41, 5.74) is 6.00. The van der Waals surface area contributed by atoms with Gasteiger partial charge >= 0.3 is 0 Å². The smallest absolute Gasteiger partial charge is 0.152 e. The number of aromatic amines is 1. The average Bonchev–Trinajstić information content (AvgIpc) is 2.14. The Labute approximate surface area is 54.6 Å². The Morgan fingerprint density at radius 3 is 2.62 bits per heavy atom. The fourth-order valence-corrected chi connectivity index (χ4v) is 0.700. The first-order chi connectivity index (χ1) is 3.84. The number of nitrogens with zero attached hydrogens (tertiary/aromatic N) is 2. The van der Waals surface area contributed by atoms with Crippen molar-refractivity contribution in [3.8, 4) is 0 Å². The Bertz CT molecular complexity index is 172. The van der Waals surface area contributed by atoms with E-state index in [1.807, 2.05) is 0 Å². The molecule has 0 radical (unpaired) electrons. The number of hydrogen-bond donors (Lipinski definition) is 2. The Hall–Kier alpha value is -0.420. The van der Waals surface area contributed by atoms with Gasteiger partial charge in [0, 0.05) is 6.54 Å². The summed E-state index contributed by atoms with van der Waals surface area (Å²) in [6.45, 7) is 0.414. The van der Waals surface area contributed by atoms with Crippen LogP contribution in [0.1, 0.15) is 5.69 Å². The van der Waals surface area contributed by atoms with Crippen LogP contribution in [0.25, 0.3) is 0 Å². The Morgan fingerprint density at radius 2 is 2.38 bits per heavy atom. The molecule has 5 heteroatoms. The lowest BCUT2D eigenvalue weighted by Crippen LogP contribution is -1.96. The molecular weight excluding hydrogens is 172 g/mol. The van der Waals surface area contributed by atoms with Crippen LogP contribution < -0.4 is 5.73 Å². The molecule has 3 N–H and O–H groups in total. The van der Waals surface area contributed by atoms with E-state index in [4.69, 9.17) is 5.73 Å². The van der Waals surface area contributed by atoms with E-state index in [0.717, 1.165) is 5.69 Å². The summed E-state index contributed by atoms with van der Waals surface area (Å²) in [7, 11) is 0. The van der Waals surface area contributed by atoms with Gasteiger partial charge in [0.15, 0.2) is 4.60 Å². The zero-order valence-corrected chi connectivity index (χ0v) is 5.64. The second-order valence-corrected chi connectivity index (χ2v) is 2.02. The molecule has 0 atom stereocenters. The van der Waals surface area contributed by atoms with Crippen LogP contribution in [0.3, 0.4) is 0 Å². The number of hydrogen-bond acceptors (Lipinski definition) is 3. The summed E-state index contributed by atoms with van der Waals surface area (Å²) >= 11 is 3.14. The lowest BCUT2D eigenvalue weighted by atomic mass is 10.5. The highest BCUT2D eigenvalue weighted by atomic mass is 79.9. The lowest BCUT2D eigenvalue weighted by Gasteiger charge is -1.81. The van der Waals surface area contributed by atoms with E-state index in [9.17, 15) is 0 Å². The number of rotatable bonds is 1. The fourth-order valence-electron chi connectivity index (χ4n) is 0.370. The number of nitrogens with two attached hydrogens (primary N) is 1. The standard InChI is InChI=1S/C3H5BrN4/c4-3-2(1-5)6-8-7-3/h1,5H2,(H,6,7,8). The van der Waals surface area contributed by atoms with Crippen molar-refractivity contribution < 1.29 is 0 Å². The molecule has 0 amide bonds. The maximum absolute atomic E-state index is 5.24. The zero-order valence-electron chi connectivity index (χ0n) is 4.06. The molecule has 4 nitrogen and oxygen atoms in total. The van der Waals surface area contributed by atoms with Crippen LogP contribution in [0.5, 0.6) is 0 Å². The van der Waals surface area contributed by atoms with Crippen LogP contribution in [-0.2, 0) is 6.54 Å². The molecule has 44 valence electrons. The van der Waals surface area contributed by atoms with Crippen molar-refractivity contribution in [1.29, 1.82) is 0 Å². The van der Waals surface area contributed by atoms with E-state index in [0.29, 0.717) is 11.1 Å². The van der Waals surface area contributed by atoms with Gasteiger partial charge in [-0.3, -0.25) is 0 Å². The van der Waals surface area contributed by atoms with Gasteiger partial charge in [-0.1, -0.05) is 0 Å². The predicted octanol–water partition coefficient (Wildman–Crippen LogP) is 0.0259. The molecule has 1 aromatic rings. The Morgan fingerprint density at radius 1 is 1.62 bits per heavy atom. The second-order valence-electron chi connectivity index (χ2n) is 1.27. The lowest BCUT2D eigenvalue weighted by molar-refractivity contribution is 0.898. The van der Waals surface area contributed by atoms with Gasteiger partial charge < -0.3 is 5.73 Å². The monoisotopic (exact) mass is 176 g/mol. The van der Waals surface area contributed by atoms with Crippen molar-refractivity contribution in [3.63, 3.8) is 0 Å². The van der Waals surface area contributed by atoms with Gasteiger partial charge in [0.1, 0.15) is 5.69 Å². The van der Waals surface area contributed by atoms with E-state index in [1.54, 1.807) is 0 Å². The molecule has 0 aliphatic carbocycles. The topological polar surface area (TPSA) is 67.6 Å². The Kier molecular flexibility index (Phi) is 1.59. The second kappa shape index (κ2) is 2.23. The number of nitrogens with one attached hydrogen (secondary N) is 1. The molecule has 0 bridgehead atoms. The molecule has 0 fully saturated rings. The number of halogens is 1. The third-order valence-corrected chi connectivity index (χ3v) is 1.40. The third kappa shape index (κ3) is 0.873. The number of aromatic nitrogens is 3. The van der Waals surface area contributed by atoms with E-state index in [2.05, 4.69) is 31.3 Å². The van der Waals surface area contributed by atoms with E-state index >= 15 is 0 Å². The number of H-pyrrole nitrogens is 1. The highest BCUT2D eigenvalue weighted by Crippen LogP contribution is 2.06. The first-order valence-corrected chi connectivity index (χ1v) is 2.89. The highest BCUT2D eigenvalue weighted by molar-refractivity contribution is 9.10. The zero-order chi connectivity index (χ0) is 5.98. The summed E-state index contributed by atoms with van der Waals surface area (Å²) in [5, 5.41) is 9.84. The first-order valence-electron chi connectivity index (χ1n) is 2.10. The molecule has 1 heterocycles. The minimum Gasteiger partial charge on any atom is -0.325 e. The summed E-state index contributed by atoms with van der Waals surface area (Å²) in [6, 6.07) is 0. The molecule has 1 aromatic heterocycles. The fraction of sp³-hybridized carbons (Fsp3) is 0.333. The molecule has 8 heavy (non-hydrogen) atoms. The van der Waals surface area contributed by atoms with Gasteiger partial charge in [-0.05, 0) is 15.9 Å². The van der Waals surface area contributed by atoms with E-state index in [1.165, 1.54) is 0 Å². The Balaban J connectivity index is 2.92. The molecule has 0 aromatic carbocycles. The maximum atomic E-state index is 5.24. The van der Waals surface area contributed by atoms with Crippen molar-refractivity contribution in [2.24, 2.45) is 5.73 Å². The first kappa shape index (κ1) is 5.71. The van der Waals surface area contributed by atoms with Crippen LogP contribution in [0, 0.1) is 0 Å². The maximum Gasteiger partial charge on any atom is 0.152 e. The van der Waals surface area contributed by atoms with Crippen LogP contribution in [0.15, 0.2) is 4.60 Å². The largest absolute Gasteiger partial charge is 0.325 e. The molecule has 0 aliphatic heterocycles. The van der Waals surface area contributed by atoms with Crippen molar-refractivity contribution in [3.05, 3.63) is 10.3 Å². The molecule has 0 saturated carbocycles. The van der Waals surface area contributed by atoms with Gasteiger partial charge in [-0.25, -0.2) is 0 Å². The van der Waals surface area contributed by atoms with Gasteiger partial charge in [0.2, 0.25) is 0 Å².